The van der Waals surface area contributed by atoms with Crippen molar-refractivity contribution in [3.8, 4) is 5.75 Å². The topological polar surface area (TPSA) is 49.9 Å². The number of fused-ring (bicyclic) bond motifs is 1. The van der Waals surface area contributed by atoms with Crippen LogP contribution < -0.4 is 4.74 Å². The lowest BCUT2D eigenvalue weighted by Gasteiger charge is -2.38. The van der Waals surface area contributed by atoms with Crippen molar-refractivity contribution < 1.29 is 14.3 Å². The highest BCUT2D eigenvalue weighted by molar-refractivity contribution is 7.10. The number of carbonyl (C=O) groups is 2. The van der Waals surface area contributed by atoms with Gasteiger partial charge in [-0.2, -0.15) is 0 Å². The third-order valence-corrected chi connectivity index (χ3v) is 7.55. The fourth-order valence-electron chi connectivity index (χ4n) is 4.32. The summed E-state index contributed by atoms with van der Waals surface area (Å²) in [6.07, 6.45) is 1.61. The summed E-state index contributed by atoms with van der Waals surface area (Å²) in [5.74, 6) is 0.642. The molecule has 0 aliphatic carbocycles. The number of thiophene rings is 1. The van der Waals surface area contributed by atoms with Crippen molar-refractivity contribution >= 4 is 23.2 Å². The first-order chi connectivity index (χ1) is 16.5. The third kappa shape index (κ3) is 5.33. The van der Waals surface area contributed by atoms with Crippen LogP contribution in [0.25, 0.3) is 0 Å². The minimum absolute atomic E-state index is 0.0413. The Morgan fingerprint density at radius 1 is 1.12 bits per heavy atom. The van der Waals surface area contributed by atoms with E-state index in [4.69, 9.17) is 4.74 Å². The molecule has 0 radical (unpaired) electrons. The van der Waals surface area contributed by atoms with E-state index in [-0.39, 0.29) is 30.4 Å². The molecule has 178 valence electrons. The van der Waals surface area contributed by atoms with Crippen LogP contribution >= 0.6 is 11.3 Å². The number of hydrogen-bond acceptors (Lipinski definition) is 4. The van der Waals surface area contributed by atoms with E-state index in [2.05, 4.69) is 11.4 Å². The molecule has 0 spiro atoms. The fraction of sp³-hybridized carbons (Fsp3) is 0.357. The molecular weight excluding hydrogens is 444 g/mol. The Kier molecular flexibility index (Phi) is 7.68. The molecule has 34 heavy (non-hydrogen) atoms. The van der Waals surface area contributed by atoms with Crippen molar-refractivity contribution in [3.05, 3.63) is 87.6 Å². The van der Waals surface area contributed by atoms with E-state index in [0.29, 0.717) is 18.7 Å². The molecule has 4 rings (SSSR count). The number of carbonyl (C=O) groups excluding carboxylic acids is 2. The summed E-state index contributed by atoms with van der Waals surface area (Å²) < 4.78 is 6.13. The second kappa shape index (κ2) is 10.9. The van der Waals surface area contributed by atoms with E-state index in [0.717, 1.165) is 24.2 Å². The first kappa shape index (κ1) is 24.0. The quantitative estimate of drug-likeness (QED) is 0.431. The van der Waals surface area contributed by atoms with Gasteiger partial charge in [-0.05, 0) is 68.0 Å². The molecule has 6 heteroatoms. The summed E-state index contributed by atoms with van der Waals surface area (Å²) in [6, 6.07) is 19.1. The van der Waals surface area contributed by atoms with Crippen molar-refractivity contribution in [2.45, 2.75) is 45.7 Å². The normalized spacial score (nSPS) is 16.0. The Labute approximate surface area is 206 Å². The van der Waals surface area contributed by atoms with Gasteiger partial charge in [-0.1, -0.05) is 42.8 Å². The summed E-state index contributed by atoms with van der Waals surface area (Å²) in [7, 11) is 0. The van der Waals surface area contributed by atoms with Crippen LogP contribution in [0.15, 0.2) is 66.0 Å². The molecule has 0 saturated heterocycles. The van der Waals surface area contributed by atoms with Gasteiger partial charge in [0.2, 0.25) is 5.91 Å². The second-order valence-electron chi connectivity index (χ2n) is 8.83. The maximum absolute atomic E-state index is 13.6. The Hall–Kier alpha value is -3.12. The number of aryl methyl sites for hydroxylation is 1. The molecule has 2 heterocycles. The van der Waals surface area contributed by atoms with Gasteiger partial charge in [0.05, 0.1) is 6.04 Å². The Morgan fingerprint density at radius 2 is 1.85 bits per heavy atom. The van der Waals surface area contributed by atoms with E-state index in [1.54, 1.807) is 28.4 Å². The number of amides is 2. The van der Waals surface area contributed by atoms with Crippen LogP contribution in [0.3, 0.4) is 0 Å². The van der Waals surface area contributed by atoms with Gasteiger partial charge < -0.3 is 14.5 Å². The van der Waals surface area contributed by atoms with Crippen molar-refractivity contribution in [1.29, 1.82) is 0 Å². The van der Waals surface area contributed by atoms with Crippen molar-refractivity contribution in [1.82, 2.24) is 9.80 Å². The third-order valence-electron chi connectivity index (χ3n) is 6.55. The zero-order valence-electron chi connectivity index (χ0n) is 20.1. The van der Waals surface area contributed by atoms with Crippen LogP contribution in [0, 0.1) is 6.92 Å². The fourth-order valence-corrected chi connectivity index (χ4v) is 5.24. The van der Waals surface area contributed by atoms with E-state index in [9.17, 15) is 9.59 Å². The number of nitrogens with zero attached hydrogens (tertiary/aromatic N) is 2. The molecule has 3 aromatic rings. The molecule has 1 aromatic heterocycles. The van der Waals surface area contributed by atoms with Gasteiger partial charge in [0.1, 0.15) is 18.9 Å². The van der Waals surface area contributed by atoms with Gasteiger partial charge in [-0.3, -0.25) is 9.59 Å². The van der Waals surface area contributed by atoms with Gasteiger partial charge in [-0.25, -0.2) is 0 Å². The second-order valence-corrected chi connectivity index (χ2v) is 9.83. The highest BCUT2D eigenvalue weighted by Crippen LogP contribution is 2.34. The van der Waals surface area contributed by atoms with Gasteiger partial charge in [0, 0.05) is 23.0 Å². The smallest absolute Gasteiger partial charge is 0.254 e. The number of rotatable bonds is 8. The summed E-state index contributed by atoms with van der Waals surface area (Å²) in [4.78, 5) is 31.8. The monoisotopic (exact) mass is 476 g/mol. The van der Waals surface area contributed by atoms with E-state index in [1.165, 1.54) is 10.4 Å². The predicted octanol–water partition coefficient (Wildman–Crippen LogP) is 5.50. The standard InChI is InChI=1S/C28H32N2O3S/c1-4-21(3)30(28(32)22-8-6-5-7-9-22)18-27(31)29-16-14-26-24(15-17-34-26)25(29)19-33-23-12-10-20(2)11-13-23/h5-13,15,17,21,25H,4,14,16,18-19H2,1-3H3/t21-,25-/m0/s1. The molecule has 1 aliphatic rings. The van der Waals surface area contributed by atoms with E-state index < -0.39 is 0 Å². The molecule has 0 saturated carbocycles. The van der Waals surface area contributed by atoms with Gasteiger partial charge >= 0.3 is 0 Å². The minimum Gasteiger partial charge on any atom is -0.491 e. The molecule has 0 unspecified atom stereocenters. The number of hydrogen-bond donors (Lipinski definition) is 0. The Bertz CT molecular complexity index is 1110. The zero-order chi connectivity index (χ0) is 24.1. The predicted molar refractivity (Wildman–Crippen MR) is 136 cm³/mol. The van der Waals surface area contributed by atoms with Crippen LogP contribution in [0.4, 0.5) is 0 Å². The van der Waals surface area contributed by atoms with Crippen LogP contribution in [0.1, 0.15) is 52.7 Å². The number of benzene rings is 2. The molecule has 0 bridgehead atoms. The SMILES string of the molecule is CC[C@H](C)N(CC(=O)N1CCc2sccc2[C@@H]1COc1ccc(C)cc1)C(=O)c1ccccc1. The van der Waals surface area contributed by atoms with Gasteiger partial charge in [0.15, 0.2) is 0 Å². The Balaban J connectivity index is 1.54. The van der Waals surface area contributed by atoms with Crippen LogP contribution in [0.2, 0.25) is 0 Å². The lowest BCUT2D eigenvalue weighted by molar-refractivity contribution is -0.136. The van der Waals surface area contributed by atoms with Crippen LogP contribution in [-0.4, -0.2) is 47.4 Å². The summed E-state index contributed by atoms with van der Waals surface area (Å²) >= 11 is 1.73. The molecule has 0 fully saturated rings. The van der Waals surface area contributed by atoms with Gasteiger partial charge in [-0.15, -0.1) is 11.3 Å². The molecule has 1 aliphatic heterocycles. The maximum Gasteiger partial charge on any atom is 0.254 e. The molecule has 0 N–H and O–H groups in total. The summed E-state index contributed by atoms with van der Waals surface area (Å²) in [6.45, 7) is 7.15. The Morgan fingerprint density at radius 3 is 2.56 bits per heavy atom. The molecular formula is C28H32N2O3S. The van der Waals surface area contributed by atoms with E-state index >= 15 is 0 Å². The molecule has 2 aromatic carbocycles. The highest BCUT2D eigenvalue weighted by Gasteiger charge is 2.34. The van der Waals surface area contributed by atoms with Crippen molar-refractivity contribution in [2.24, 2.45) is 0 Å². The average Bonchev–Trinajstić information content (AvgIpc) is 3.35. The van der Waals surface area contributed by atoms with Crippen molar-refractivity contribution in [2.75, 3.05) is 19.7 Å². The van der Waals surface area contributed by atoms with Gasteiger partial charge in [0.25, 0.3) is 5.91 Å². The maximum atomic E-state index is 13.6. The van der Waals surface area contributed by atoms with Crippen molar-refractivity contribution in [3.63, 3.8) is 0 Å². The van der Waals surface area contributed by atoms with Crippen LogP contribution in [0.5, 0.6) is 5.75 Å². The summed E-state index contributed by atoms with van der Waals surface area (Å²) in [5, 5.41) is 2.09. The molecule has 2 atom stereocenters. The minimum atomic E-state index is -0.172. The van der Waals surface area contributed by atoms with Crippen LogP contribution in [-0.2, 0) is 11.2 Å². The number of ether oxygens (including phenoxy) is 1. The average molecular weight is 477 g/mol. The lowest BCUT2D eigenvalue weighted by atomic mass is 10.00. The first-order valence-electron chi connectivity index (χ1n) is 11.9. The highest BCUT2D eigenvalue weighted by atomic mass is 32.1. The molecule has 2 amide bonds. The first-order valence-corrected chi connectivity index (χ1v) is 12.8. The summed E-state index contributed by atoms with van der Waals surface area (Å²) in [5.41, 5.74) is 2.94. The van der Waals surface area contributed by atoms with E-state index in [1.807, 2.05) is 68.1 Å². The largest absolute Gasteiger partial charge is 0.491 e. The lowest BCUT2D eigenvalue weighted by Crippen LogP contribution is -2.49. The molecule has 5 nitrogen and oxygen atoms in total. The zero-order valence-corrected chi connectivity index (χ0v) is 20.9.